The first kappa shape index (κ1) is 28.6. The molecule has 0 heterocycles. The molecule has 0 spiro atoms. The lowest BCUT2D eigenvalue weighted by Gasteiger charge is -2.32. The molecule has 41 heavy (non-hydrogen) atoms. The van der Waals surface area contributed by atoms with Crippen molar-refractivity contribution >= 4 is 0 Å². The van der Waals surface area contributed by atoms with E-state index in [0.717, 1.165) is 0 Å². The van der Waals surface area contributed by atoms with Crippen molar-refractivity contribution in [3.05, 3.63) is 166 Å². The molecular formula is C41H44. The Hall–Kier alpha value is -3.90. The van der Waals surface area contributed by atoms with Crippen LogP contribution in [-0.4, -0.2) is 0 Å². The highest BCUT2D eigenvalue weighted by molar-refractivity contribution is 5.66. The molecule has 0 N–H and O–H groups in total. The van der Waals surface area contributed by atoms with Gasteiger partial charge in [0.05, 0.1) is 0 Å². The van der Waals surface area contributed by atoms with Crippen molar-refractivity contribution in [2.75, 3.05) is 0 Å². The predicted octanol–water partition coefficient (Wildman–Crippen LogP) is 10.9. The molecule has 0 saturated carbocycles. The fourth-order valence-electron chi connectivity index (χ4n) is 6.16. The summed E-state index contributed by atoms with van der Waals surface area (Å²) in [7, 11) is 0. The first-order valence-electron chi connectivity index (χ1n) is 14.9. The highest BCUT2D eigenvalue weighted by atomic mass is 14.3. The minimum atomic E-state index is -0.143. The van der Waals surface area contributed by atoms with Crippen molar-refractivity contribution in [2.24, 2.45) is 0 Å². The number of aryl methyl sites for hydroxylation is 2. The van der Waals surface area contributed by atoms with Crippen LogP contribution in [0.25, 0.3) is 11.1 Å². The normalized spacial score (nSPS) is 12.4. The van der Waals surface area contributed by atoms with Crippen LogP contribution in [0, 0.1) is 13.8 Å². The van der Waals surface area contributed by atoms with Crippen LogP contribution in [0.3, 0.4) is 0 Å². The molecule has 5 aromatic rings. The fourth-order valence-corrected chi connectivity index (χ4v) is 6.16. The lowest BCUT2D eigenvalue weighted by atomic mass is 9.71. The number of rotatable bonds is 7. The topological polar surface area (TPSA) is 0 Å². The molecule has 0 saturated heterocycles. The molecule has 5 rings (SSSR count). The summed E-state index contributed by atoms with van der Waals surface area (Å²) >= 11 is 0. The van der Waals surface area contributed by atoms with Gasteiger partial charge >= 0.3 is 0 Å². The Balaban J connectivity index is 1.47. The summed E-state index contributed by atoms with van der Waals surface area (Å²) in [6.07, 6.45) is 0. The zero-order chi connectivity index (χ0) is 29.4. The standard InChI is InChI=1S/C41H44/c1-29-17-22-34(23-18-29)39(3,4)35-25-20-31(21-26-35)32-13-12-16-36(27-32)41(7,8)38-28-37(24-19-30(38)2)40(5,6)33-14-10-9-11-15-33/h9-28H,1-8H3. The summed E-state index contributed by atoms with van der Waals surface area (Å²) in [5, 5.41) is 0. The molecule has 0 aromatic heterocycles. The van der Waals surface area contributed by atoms with Crippen LogP contribution in [0.5, 0.6) is 0 Å². The van der Waals surface area contributed by atoms with E-state index in [0.29, 0.717) is 0 Å². The van der Waals surface area contributed by atoms with Gasteiger partial charge in [0, 0.05) is 16.2 Å². The number of hydrogen-bond acceptors (Lipinski definition) is 0. The van der Waals surface area contributed by atoms with Crippen molar-refractivity contribution in [1.82, 2.24) is 0 Å². The molecule has 0 bridgehead atoms. The lowest BCUT2D eigenvalue weighted by molar-refractivity contribution is 0.614. The third kappa shape index (κ3) is 5.53. The van der Waals surface area contributed by atoms with Crippen LogP contribution in [-0.2, 0) is 16.2 Å². The molecule has 5 aromatic carbocycles. The Morgan fingerprint density at radius 2 is 0.854 bits per heavy atom. The Kier molecular flexibility index (Phi) is 7.56. The third-order valence-electron chi connectivity index (χ3n) is 9.43. The summed E-state index contributed by atoms with van der Waals surface area (Å²) in [6, 6.07) is 45.1. The van der Waals surface area contributed by atoms with E-state index in [9.17, 15) is 0 Å². The monoisotopic (exact) mass is 536 g/mol. The van der Waals surface area contributed by atoms with Gasteiger partial charge in [0.15, 0.2) is 0 Å². The molecule has 0 radical (unpaired) electrons. The molecular weight excluding hydrogens is 492 g/mol. The third-order valence-corrected chi connectivity index (χ3v) is 9.43. The highest BCUT2D eigenvalue weighted by Crippen LogP contribution is 2.40. The number of hydrogen-bond donors (Lipinski definition) is 0. The molecule has 0 heteroatoms. The van der Waals surface area contributed by atoms with Crippen LogP contribution in [0.2, 0.25) is 0 Å². The highest BCUT2D eigenvalue weighted by Gasteiger charge is 2.29. The van der Waals surface area contributed by atoms with Crippen molar-refractivity contribution in [3.63, 3.8) is 0 Å². The van der Waals surface area contributed by atoms with Gasteiger partial charge in [-0.25, -0.2) is 0 Å². The summed E-state index contributed by atoms with van der Waals surface area (Å²) in [4.78, 5) is 0. The van der Waals surface area contributed by atoms with Crippen molar-refractivity contribution in [3.8, 4) is 11.1 Å². The molecule has 0 atom stereocenters. The molecule has 0 unspecified atom stereocenters. The van der Waals surface area contributed by atoms with E-state index in [1.165, 1.54) is 55.6 Å². The smallest absolute Gasteiger partial charge is 0.0149 e. The van der Waals surface area contributed by atoms with Crippen LogP contribution >= 0.6 is 0 Å². The van der Waals surface area contributed by atoms with Crippen molar-refractivity contribution in [1.29, 1.82) is 0 Å². The number of benzene rings is 5. The quantitative estimate of drug-likeness (QED) is 0.194. The van der Waals surface area contributed by atoms with Gasteiger partial charge in [-0.15, -0.1) is 0 Å². The maximum Gasteiger partial charge on any atom is 0.0149 e. The summed E-state index contributed by atoms with van der Waals surface area (Å²) in [6.45, 7) is 18.4. The average Bonchev–Trinajstić information content (AvgIpc) is 2.98. The van der Waals surface area contributed by atoms with E-state index < -0.39 is 0 Å². The van der Waals surface area contributed by atoms with Crippen LogP contribution in [0.4, 0.5) is 0 Å². The van der Waals surface area contributed by atoms with Crippen LogP contribution < -0.4 is 0 Å². The first-order chi connectivity index (χ1) is 19.4. The van der Waals surface area contributed by atoms with Crippen LogP contribution in [0.1, 0.15) is 86.1 Å². The fraction of sp³-hybridized carbons (Fsp3) is 0.268. The predicted molar refractivity (Wildman–Crippen MR) is 177 cm³/mol. The van der Waals surface area contributed by atoms with Crippen LogP contribution in [0.15, 0.2) is 121 Å². The van der Waals surface area contributed by atoms with E-state index in [1.54, 1.807) is 0 Å². The van der Waals surface area contributed by atoms with E-state index in [-0.39, 0.29) is 16.2 Å². The Labute approximate surface area is 248 Å². The molecule has 0 nitrogen and oxygen atoms in total. The maximum absolute atomic E-state index is 2.44. The van der Waals surface area contributed by atoms with Crippen molar-refractivity contribution in [2.45, 2.75) is 71.6 Å². The van der Waals surface area contributed by atoms with Gasteiger partial charge in [-0.2, -0.15) is 0 Å². The van der Waals surface area contributed by atoms with Gasteiger partial charge in [-0.1, -0.05) is 168 Å². The van der Waals surface area contributed by atoms with E-state index in [4.69, 9.17) is 0 Å². The van der Waals surface area contributed by atoms with E-state index >= 15 is 0 Å². The van der Waals surface area contributed by atoms with Gasteiger partial charge in [0.25, 0.3) is 0 Å². The molecule has 0 amide bonds. The molecule has 208 valence electrons. The Bertz CT molecular complexity index is 1630. The molecule has 0 aliphatic rings. The summed E-state index contributed by atoms with van der Waals surface area (Å²) in [5.74, 6) is 0. The molecule has 0 fully saturated rings. The van der Waals surface area contributed by atoms with Gasteiger partial charge in [0.1, 0.15) is 0 Å². The second-order valence-electron chi connectivity index (χ2n) is 13.3. The second-order valence-corrected chi connectivity index (χ2v) is 13.3. The van der Waals surface area contributed by atoms with Gasteiger partial charge in [0.2, 0.25) is 0 Å². The van der Waals surface area contributed by atoms with Crippen molar-refractivity contribution < 1.29 is 0 Å². The van der Waals surface area contributed by atoms with Gasteiger partial charge in [-0.3, -0.25) is 0 Å². The zero-order valence-corrected chi connectivity index (χ0v) is 26.0. The zero-order valence-electron chi connectivity index (χ0n) is 26.0. The maximum atomic E-state index is 2.44. The lowest BCUT2D eigenvalue weighted by Crippen LogP contribution is -2.24. The SMILES string of the molecule is Cc1ccc(C(C)(C)c2ccc(-c3cccc(C(C)(C)c4cc(C(C)(C)c5ccccc5)ccc4C)c3)cc2)cc1. The van der Waals surface area contributed by atoms with Gasteiger partial charge < -0.3 is 0 Å². The largest absolute Gasteiger partial charge is 0.0622 e. The molecule has 0 aliphatic carbocycles. The molecule has 0 aliphatic heterocycles. The van der Waals surface area contributed by atoms with Gasteiger partial charge in [-0.05, 0) is 63.9 Å². The minimum absolute atomic E-state index is 0.0495. The average molecular weight is 537 g/mol. The second kappa shape index (κ2) is 10.8. The minimum Gasteiger partial charge on any atom is -0.0622 e. The Morgan fingerprint density at radius 3 is 1.49 bits per heavy atom. The first-order valence-corrected chi connectivity index (χ1v) is 14.9. The summed E-state index contributed by atoms with van der Waals surface area (Å²) in [5.41, 5.74) is 12.9. The van der Waals surface area contributed by atoms with E-state index in [1.807, 2.05) is 0 Å². The summed E-state index contributed by atoms with van der Waals surface area (Å²) < 4.78 is 0. The van der Waals surface area contributed by atoms with E-state index in [2.05, 4.69) is 177 Å². The Morgan fingerprint density at radius 1 is 0.366 bits per heavy atom.